The maximum Gasteiger partial charge on any atom is 0.144 e. The van der Waals surface area contributed by atoms with E-state index in [4.69, 9.17) is 22.2 Å². The molecule has 4 heterocycles. The highest BCUT2D eigenvalue weighted by molar-refractivity contribution is 6.10. The van der Waals surface area contributed by atoms with Crippen molar-refractivity contribution in [2.45, 2.75) is 65.6 Å². The van der Waals surface area contributed by atoms with Crippen LogP contribution in [0.1, 0.15) is 95.5 Å². The van der Waals surface area contributed by atoms with Crippen LogP contribution in [0.5, 0.6) is 0 Å². The molecular weight excluding hydrogens is 745 g/mol. The fourth-order valence-electron chi connectivity index (χ4n) is 6.70. The molecule has 5 aromatic carbocycles. The molecule has 298 valence electrons. The number of aryl methyl sites for hydroxylation is 10. The molecule has 4 aromatic heterocycles. The first-order chi connectivity index (χ1) is 39.6. The van der Waals surface area contributed by atoms with Crippen molar-refractivity contribution in [1.82, 2.24) is 15.0 Å². The molecule has 0 saturated carbocycles. The Bertz CT molecular complexity index is 4020. The molecule has 0 unspecified atom stereocenters. The molecule has 0 amide bonds. The molecular formula is C56H48N4O. The number of fused-ring (bicyclic) bond motifs is 3. The molecule has 0 bridgehead atoms. The Labute approximate surface area is 393 Å². The zero-order chi connectivity index (χ0) is 63.5. The monoisotopic (exact) mass is 818 g/mol. The second-order valence-electron chi connectivity index (χ2n) is 13.8. The first kappa shape index (κ1) is 19.9. The van der Waals surface area contributed by atoms with Crippen LogP contribution >= 0.6 is 0 Å². The average molecular weight is 818 g/mol. The van der Waals surface area contributed by atoms with E-state index in [-0.39, 0.29) is 44.6 Å². The second kappa shape index (κ2) is 17.2. The molecule has 5 heteroatoms. The lowest BCUT2D eigenvalue weighted by Gasteiger charge is -2.14. The summed E-state index contributed by atoms with van der Waals surface area (Å²) in [5.41, 5.74) is -8.69. The number of nitriles is 1. The average Bonchev–Trinajstić information content (AvgIpc) is 1.04. The van der Waals surface area contributed by atoms with Gasteiger partial charge in [-0.1, -0.05) is 91.0 Å². The highest BCUT2D eigenvalue weighted by Crippen LogP contribution is 2.37. The summed E-state index contributed by atoms with van der Waals surface area (Å²) < 4.78 is 231. The summed E-state index contributed by atoms with van der Waals surface area (Å²) in [6, 6.07) is 28.0. The van der Waals surface area contributed by atoms with Crippen molar-refractivity contribution in [3.63, 3.8) is 0 Å². The van der Waals surface area contributed by atoms with Crippen LogP contribution in [-0.4, -0.2) is 15.0 Å². The Morgan fingerprint density at radius 2 is 1.03 bits per heavy atom. The lowest BCUT2D eigenvalue weighted by molar-refractivity contribution is 0.666. The molecule has 0 N–H and O–H groups in total. The Hall–Kier alpha value is -7.16. The van der Waals surface area contributed by atoms with Gasteiger partial charge >= 0.3 is 0 Å². The van der Waals surface area contributed by atoms with Crippen molar-refractivity contribution in [2.24, 2.45) is 0 Å². The number of nitrogens with zero attached hydrogens (tertiary/aromatic N) is 4. The van der Waals surface area contributed by atoms with Crippen molar-refractivity contribution in [1.29, 1.82) is 5.26 Å². The summed E-state index contributed by atoms with van der Waals surface area (Å²) in [6.45, 7) is -12.6. The summed E-state index contributed by atoms with van der Waals surface area (Å²) in [4.78, 5) is 12.9. The maximum absolute atomic E-state index is 9.87. The molecule has 0 saturated heterocycles. The van der Waals surface area contributed by atoms with Crippen LogP contribution in [0, 0.1) is 38.7 Å². The topological polar surface area (TPSA) is 75.6 Å². The van der Waals surface area contributed by atoms with Gasteiger partial charge in [-0.05, 0) is 152 Å². The fourth-order valence-corrected chi connectivity index (χ4v) is 6.70. The molecule has 5 nitrogen and oxygen atoms in total. The van der Waals surface area contributed by atoms with Crippen LogP contribution in [-0.2, 0) is 38.2 Å². The quantitative estimate of drug-likeness (QED) is 0.123. The van der Waals surface area contributed by atoms with E-state index in [0.717, 1.165) is 30.6 Å². The second-order valence-corrected chi connectivity index (χ2v) is 13.8. The number of furan rings is 1. The molecule has 0 aliphatic carbocycles. The van der Waals surface area contributed by atoms with Gasteiger partial charge in [0.1, 0.15) is 11.2 Å². The Balaban J connectivity index is 1.25. The lowest BCUT2D eigenvalue weighted by Crippen LogP contribution is -2.02. The zero-order valence-electron chi connectivity index (χ0n) is 57.0. The van der Waals surface area contributed by atoms with Gasteiger partial charge in [-0.25, -0.2) is 0 Å². The summed E-state index contributed by atoms with van der Waals surface area (Å²) in [5.74, 6) is 0. The van der Waals surface area contributed by atoms with Crippen LogP contribution < -0.4 is 0 Å². The van der Waals surface area contributed by atoms with Gasteiger partial charge in [0.2, 0.25) is 0 Å². The molecule has 0 atom stereocenters. The minimum absolute atomic E-state index is 0.00399. The number of para-hydroxylation sites is 1. The van der Waals surface area contributed by atoms with Gasteiger partial charge in [-0.2, -0.15) is 5.26 Å². The predicted octanol–water partition coefficient (Wildman–Crippen LogP) is 13.2. The SMILES string of the molecule is [2H]c1cc2c(oc3c(-c4cc(C([2H])([2H])[2H])c(C([2H])([2H])C([2H])([2H])c5cc(C([2H])([2H])C([2H])([2H])c6cnc(-c7ccccc7)cc6C([2H])([2H])[2H])cc(C([2H])([2H])C([2H])([2H])c6cnc(-c7ccccc7)cc6C([2H])([2H])[2H])c5)cn4)cccc32)c(C([2H])([2H])[2H])c1C#N. The van der Waals surface area contributed by atoms with E-state index < -0.39 is 133 Å². The minimum atomic E-state index is -3.70. The molecule has 0 aliphatic rings. The van der Waals surface area contributed by atoms with E-state index in [2.05, 4.69) is 15.0 Å². The first-order valence-electron chi connectivity index (χ1n) is 31.3. The summed E-state index contributed by atoms with van der Waals surface area (Å²) in [6.07, 6.45) is -19.4. The van der Waals surface area contributed by atoms with E-state index in [1.807, 2.05) is 0 Å². The van der Waals surface area contributed by atoms with Crippen molar-refractivity contribution < 1.29 is 38.7 Å². The number of rotatable bonds is 12. The van der Waals surface area contributed by atoms with Crippen LogP contribution in [0.25, 0.3) is 55.7 Å². The number of pyridine rings is 3. The Morgan fingerprint density at radius 1 is 0.541 bits per heavy atom. The smallest absolute Gasteiger partial charge is 0.144 e. The van der Waals surface area contributed by atoms with Crippen molar-refractivity contribution in [2.75, 3.05) is 0 Å². The molecule has 0 radical (unpaired) electrons. The highest BCUT2D eigenvalue weighted by atomic mass is 16.3. The summed E-state index contributed by atoms with van der Waals surface area (Å²) >= 11 is 0. The van der Waals surface area contributed by atoms with E-state index in [0.29, 0.717) is 35.5 Å². The van der Waals surface area contributed by atoms with Crippen LogP contribution in [0.15, 0.2) is 150 Å². The van der Waals surface area contributed by atoms with Crippen molar-refractivity contribution in [3.05, 3.63) is 207 Å². The molecule has 61 heavy (non-hydrogen) atoms. The third kappa shape index (κ3) is 8.36. The third-order valence-electron chi connectivity index (χ3n) is 9.79. The van der Waals surface area contributed by atoms with Crippen molar-refractivity contribution in [3.8, 4) is 39.8 Å². The Kier molecular flexibility index (Phi) is 5.62. The molecule has 0 spiro atoms. The van der Waals surface area contributed by atoms with E-state index >= 15 is 0 Å². The van der Waals surface area contributed by atoms with Crippen LogP contribution in [0.3, 0.4) is 0 Å². The van der Waals surface area contributed by atoms with Crippen LogP contribution in [0.2, 0.25) is 0 Å². The highest BCUT2D eigenvalue weighted by Gasteiger charge is 2.17. The largest absolute Gasteiger partial charge is 0.455 e. The number of hydrogen-bond acceptors (Lipinski definition) is 5. The van der Waals surface area contributed by atoms with Gasteiger partial charge in [0.15, 0.2) is 0 Å². The van der Waals surface area contributed by atoms with Gasteiger partial charge in [0, 0.05) is 84.5 Å². The molecule has 9 aromatic rings. The zero-order valence-corrected chi connectivity index (χ0v) is 32.0. The minimum Gasteiger partial charge on any atom is -0.455 e. The lowest BCUT2D eigenvalue weighted by atomic mass is 9.93. The van der Waals surface area contributed by atoms with Gasteiger partial charge < -0.3 is 4.42 Å². The fraction of sp³-hybridized carbons (Fsp3) is 0.179. The molecule has 9 rings (SSSR count). The summed E-state index contributed by atoms with van der Waals surface area (Å²) in [7, 11) is 0. The normalized spacial score (nSPS) is 19.6. The van der Waals surface area contributed by atoms with Crippen molar-refractivity contribution >= 4 is 21.9 Å². The number of aromatic nitrogens is 3. The van der Waals surface area contributed by atoms with Gasteiger partial charge in [0.05, 0.1) is 30.1 Å². The number of hydrogen-bond donors (Lipinski definition) is 0. The van der Waals surface area contributed by atoms with E-state index in [9.17, 15) is 21.7 Å². The number of benzene rings is 5. The molecule has 0 aliphatic heterocycles. The van der Waals surface area contributed by atoms with Gasteiger partial charge in [0.25, 0.3) is 0 Å². The molecule has 0 fully saturated rings. The van der Waals surface area contributed by atoms with E-state index in [1.165, 1.54) is 24.3 Å². The van der Waals surface area contributed by atoms with Crippen LogP contribution in [0.4, 0.5) is 0 Å². The van der Waals surface area contributed by atoms with E-state index in [1.54, 1.807) is 66.7 Å². The first-order valence-corrected chi connectivity index (χ1v) is 18.8. The van der Waals surface area contributed by atoms with Gasteiger partial charge in [-0.15, -0.1) is 0 Å². The summed E-state index contributed by atoms with van der Waals surface area (Å²) in [5, 5.41) is 10.2. The standard InChI is InChI=1S/C56H48N4O/c1-36-26-52(43-12-7-5-8-13-43)58-33-46(36)21-18-40-29-41(19-22-47-34-59-53(27-37(47)2)44-14-9-6-10-15-44)31-42(30-40)20-23-48-35-60-54(28-38(48)3)51-17-11-16-49-50-25-24-45(32-57)39(4)55(50)61-56(49)51/h5-17,24-31,33-35H,18-23H2,1-4H3/i1D3,2D3,3D3,4D3,18D2,19D2,20D2,21D2,22D2,23D2,24D. The third-order valence-corrected chi connectivity index (χ3v) is 9.79. The van der Waals surface area contributed by atoms with Gasteiger partial charge in [-0.3, -0.25) is 15.0 Å². The maximum atomic E-state index is 9.87. The Morgan fingerprint density at radius 3 is 1.52 bits per heavy atom. The predicted molar refractivity (Wildman–Crippen MR) is 249 cm³/mol.